The maximum absolute atomic E-state index is 10.7. The minimum absolute atomic E-state index is 0. The molecule has 1 N–H and O–H groups in total. The van der Waals surface area contributed by atoms with E-state index in [1.807, 2.05) is 18.7 Å². The molecule has 1 aliphatic heterocycles. The Balaban J connectivity index is 0.00000121. The number of nitrogens with zero attached hydrogens (tertiary/aromatic N) is 1. The van der Waals surface area contributed by atoms with Crippen LogP contribution in [0.2, 0.25) is 0 Å². The molecular formula is C8H11N2ORe-. The number of hydrogen-bond acceptors (Lipinski definition) is 2. The number of carbonyl (C=O) groups is 1. The standard InChI is InChI=1S/C8H11N2O.Re/c1-6(2)10-5-4-8(11)9-7(10)3;/h5-6H,3H2,1-2H3,(H,9,11);/q-1;. The second-order valence-corrected chi connectivity index (χ2v) is 2.68. The van der Waals surface area contributed by atoms with Gasteiger partial charge in [0.15, 0.2) is 0 Å². The third-order valence-electron chi connectivity index (χ3n) is 1.46. The third kappa shape index (κ3) is 2.47. The zero-order chi connectivity index (χ0) is 8.43. The molecule has 0 fully saturated rings. The second kappa shape index (κ2) is 4.44. The molecule has 0 unspecified atom stereocenters. The number of rotatable bonds is 1. The fraction of sp³-hybridized carbons (Fsp3) is 0.375. The molecule has 3 nitrogen and oxygen atoms in total. The summed E-state index contributed by atoms with van der Waals surface area (Å²) in [5.41, 5.74) is 0. The Labute approximate surface area is 86.2 Å². The molecule has 0 saturated heterocycles. The average molecular weight is 337 g/mol. The Hall–Kier alpha value is -0.588. The van der Waals surface area contributed by atoms with E-state index in [0.29, 0.717) is 11.9 Å². The summed E-state index contributed by atoms with van der Waals surface area (Å²) in [5.74, 6) is 0.385. The van der Waals surface area contributed by atoms with E-state index in [4.69, 9.17) is 0 Å². The van der Waals surface area contributed by atoms with E-state index in [2.05, 4.69) is 18.0 Å². The summed E-state index contributed by atoms with van der Waals surface area (Å²) in [7, 11) is 0. The van der Waals surface area contributed by atoms with Crippen LogP contribution in [0.25, 0.3) is 0 Å². The predicted molar refractivity (Wildman–Crippen MR) is 42.1 cm³/mol. The van der Waals surface area contributed by atoms with Gasteiger partial charge in [-0.2, -0.15) is 6.20 Å². The van der Waals surface area contributed by atoms with Gasteiger partial charge in [0.2, 0.25) is 0 Å². The number of amides is 1. The Kier molecular flexibility index (Phi) is 4.22. The maximum Gasteiger partial charge on any atom is 0.100 e. The molecule has 0 aromatic rings. The van der Waals surface area contributed by atoms with Crippen molar-refractivity contribution >= 4 is 5.91 Å². The van der Waals surface area contributed by atoms with Crippen LogP contribution in [-0.2, 0) is 25.2 Å². The van der Waals surface area contributed by atoms with Crippen LogP contribution in [0.4, 0.5) is 0 Å². The van der Waals surface area contributed by atoms with E-state index < -0.39 is 0 Å². The Bertz CT molecular complexity index is 223. The first kappa shape index (κ1) is 11.4. The van der Waals surface area contributed by atoms with E-state index >= 15 is 0 Å². The zero-order valence-electron chi connectivity index (χ0n) is 7.10. The van der Waals surface area contributed by atoms with E-state index in [1.165, 1.54) is 0 Å². The van der Waals surface area contributed by atoms with Crippen LogP contribution in [0, 0.1) is 6.08 Å². The van der Waals surface area contributed by atoms with Crippen LogP contribution in [0.1, 0.15) is 13.8 Å². The minimum Gasteiger partial charge on any atom is -0.387 e. The molecule has 1 aliphatic rings. The van der Waals surface area contributed by atoms with Crippen LogP contribution in [-0.4, -0.2) is 16.8 Å². The van der Waals surface area contributed by atoms with Crippen LogP contribution in [0.3, 0.4) is 0 Å². The van der Waals surface area contributed by atoms with Crippen molar-refractivity contribution in [2.24, 2.45) is 0 Å². The smallest absolute Gasteiger partial charge is 0.100 e. The number of carbonyl (C=O) groups excluding carboxylic acids is 1. The fourth-order valence-electron chi connectivity index (χ4n) is 0.899. The van der Waals surface area contributed by atoms with Gasteiger partial charge in [-0.15, -0.1) is 0 Å². The SMILES string of the molecule is C=C1NC(=O)[C-]=CN1C(C)C.[Re]. The Morgan fingerprint density at radius 3 is 2.67 bits per heavy atom. The van der Waals surface area contributed by atoms with Crippen molar-refractivity contribution in [3.8, 4) is 0 Å². The number of hydrogen-bond donors (Lipinski definition) is 1. The van der Waals surface area contributed by atoms with Crippen LogP contribution in [0.5, 0.6) is 0 Å². The van der Waals surface area contributed by atoms with Gasteiger partial charge in [0, 0.05) is 26.5 Å². The predicted octanol–water partition coefficient (Wildman–Crippen LogP) is 0.612. The first-order valence-electron chi connectivity index (χ1n) is 3.49. The largest absolute Gasteiger partial charge is 0.387 e. The van der Waals surface area contributed by atoms with Crippen LogP contribution >= 0.6 is 0 Å². The normalized spacial score (nSPS) is 16.1. The zero-order valence-corrected chi connectivity index (χ0v) is 9.81. The minimum atomic E-state index is -0.230. The summed E-state index contributed by atoms with van der Waals surface area (Å²) >= 11 is 0. The molecule has 0 aliphatic carbocycles. The molecule has 0 spiro atoms. The van der Waals surface area contributed by atoms with E-state index in [-0.39, 0.29) is 26.3 Å². The summed E-state index contributed by atoms with van der Waals surface area (Å²) in [5, 5.41) is 2.56. The van der Waals surface area contributed by atoms with Crippen molar-refractivity contribution in [3.05, 3.63) is 24.7 Å². The second-order valence-electron chi connectivity index (χ2n) is 2.68. The molecular weight excluding hydrogens is 326 g/mol. The van der Waals surface area contributed by atoms with Gasteiger partial charge >= 0.3 is 0 Å². The number of nitrogens with one attached hydrogen (secondary N) is 1. The van der Waals surface area contributed by atoms with E-state index in [1.54, 1.807) is 6.20 Å². The van der Waals surface area contributed by atoms with Gasteiger partial charge < -0.3 is 21.1 Å². The van der Waals surface area contributed by atoms with E-state index in [9.17, 15) is 4.79 Å². The average Bonchev–Trinajstić information content (AvgIpc) is 1.85. The van der Waals surface area contributed by atoms with Crippen LogP contribution in [0.15, 0.2) is 18.6 Å². The van der Waals surface area contributed by atoms with Gasteiger partial charge in [0.1, 0.15) is 5.82 Å². The molecule has 0 bridgehead atoms. The molecule has 67 valence electrons. The van der Waals surface area contributed by atoms with Gasteiger partial charge in [-0.05, 0) is 13.8 Å². The van der Waals surface area contributed by atoms with E-state index in [0.717, 1.165) is 0 Å². The summed E-state index contributed by atoms with van der Waals surface area (Å²) in [6.07, 6.45) is 4.15. The molecule has 0 aromatic carbocycles. The summed E-state index contributed by atoms with van der Waals surface area (Å²) < 4.78 is 0. The molecule has 0 saturated carbocycles. The van der Waals surface area contributed by atoms with Crippen molar-refractivity contribution in [1.82, 2.24) is 10.2 Å². The summed E-state index contributed by atoms with van der Waals surface area (Å²) in [4.78, 5) is 12.5. The van der Waals surface area contributed by atoms with Gasteiger partial charge in [-0.3, -0.25) is 0 Å². The molecule has 4 heteroatoms. The van der Waals surface area contributed by atoms with Crippen molar-refractivity contribution in [2.75, 3.05) is 0 Å². The third-order valence-corrected chi connectivity index (χ3v) is 1.46. The Morgan fingerprint density at radius 2 is 2.25 bits per heavy atom. The first-order chi connectivity index (χ1) is 5.11. The van der Waals surface area contributed by atoms with Gasteiger partial charge in [-0.1, -0.05) is 6.58 Å². The van der Waals surface area contributed by atoms with Gasteiger partial charge in [0.25, 0.3) is 0 Å². The molecule has 1 heterocycles. The molecule has 0 atom stereocenters. The molecule has 12 heavy (non-hydrogen) atoms. The molecule has 1 radical (unpaired) electrons. The van der Waals surface area contributed by atoms with Crippen molar-refractivity contribution in [1.29, 1.82) is 0 Å². The molecule has 1 amide bonds. The van der Waals surface area contributed by atoms with Crippen molar-refractivity contribution in [3.63, 3.8) is 0 Å². The molecule has 1 rings (SSSR count). The Morgan fingerprint density at radius 1 is 1.67 bits per heavy atom. The van der Waals surface area contributed by atoms with Crippen molar-refractivity contribution < 1.29 is 25.2 Å². The first-order valence-corrected chi connectivity index (χ1v) is 3.49. The summed E-state index contributed by atoms with van der Waals surface area (Å²) in [6.45, 7) is 7.72. The van der Waals surface area contributed by atoms with Crippen LogP contribution < -0.4 is 5.32 Å². The van der Waals surface area contributed by atoms with Crippen molar-refractivity contribution in [2.45, 2.75) is 19.9 Å². The fourth-order valence-corrected chi connectivity index (χ4v) is 0.899. The molecule has 0 aromatic heterocycles. The topological polar surface area (TPSA) is 32.3 Å². The quantitative estimate of drug-likeness (QED) is 0.711. The van der Waals surface area contributed by atoms with Gasteiger partial charge in [0.05, 0.1) is 5.91 Å². The maximum atomic E-state index is 10.7. The van der Waals surface area contributed by atoms with Gasteiger partial charge in [-0.25, -0.2) is 0 Å². The summed E-state index contributed by atoms with van der Waals surface area (Å²) in [6, 6.07) is 0.301. The monoisotopic (exact) mass is 338 g/mol.